The highest BCUT2D eigenvalue weighted by Gasteiger charge is 2.22. The van der Waals surface area contributed by atoms with Crippen LogP contribution in [0.3, 0.4) is 0 Å². The van der Waals surface area contributed by atoms with Crippen LogP contribution in [-0.4, -0.2) is 38.1 Å². The van der Waals surface area contributed by atoms with Crippen molar-refractivity contribution in [3.05, 3.63) is 35.4 Å². The average molecular weight is 322 g/mol. The highest BCUT2D eigenvalue weighted by atomic mass is 32.2. The SMILES string of the molecule is CCCN(CCC)C(=O)CS(=O)(=O)Cc1ccccc1C#N. The summed E-state index contributed by atoms with van der Waals surface area (Å²) in [5, 5.41) is 9.01. The molecule has 0 N–H and O–H groups in total. The van der Waals surface area contributed by atoms with Gasteiger partial charge in [-0.15, -0.1) is 0 Å². The van der Waals surface area contributed by atoms with E-state index in [2.05, 4.69) is 0 Å². The van der Waals surface area contributed by atoms with E-state index in [0.29, 0.717) is 24.2 Å². The molecule has 0 aliphatic carbocycles. The summed E-state index contributed by atoms with van der Waals surface area (Å²) >= 11 is 0. The Morgan fingerprint density at radius 3 is 2.32 bits per heavy atom. The highest BCUT2D eigenvalue weighted by molar-refractivity contribution is 7.91. The Morgan fingerprint density at radius 2 is 1.77 bits per heavy atom. The Hall–Kier alpha value is -1.87. The van der Waals surface area contributed by atoms with Gasteiger partial charge in [0, 0.05) is 13.1 Å². The van der Waals surface area contributed by atoms with Gasteiger partial charge in [-0.3, -0.25) is 4.79 Å². The molecule has 1 aromatic carbocycles. The summed E-state index contributed by atoms with van der Waals surface area (Å²) in [4.78, 5) is 13.8. The molecule has 0 radical (unpaired) electrons. The van der Waals surface area contributed by atoms with Crippen LogP contribution >= 0.6 is 0 Å². The summed E-state index contributed by atoms with van der Waals surface area (Å²) in [5.41, 5.74) is 0.771. The first-order valence-corrected chi connectivity index (χ1v) is 9.21. The molecule has 0 spiro atoms. The van der Waals surface area contributed by atoms with E-state index in [-0.39, 0.29) is 11.7 Å². The van der Waals surface area contributed by atoms with Gasteiger partial charge in [-0.1, -0.05) is 32.0 Å². The second-order valence-electron chi connectivity index (χ2n) is 5.18. The molecule has 0 aliphatic rings. The predicted octanol–water partition coefficient (Wildman–Crippen LogP) is 2.12. The second-order valence-corrected chi connectivity index (χ2v) is 7.25. The summed E-state index contributed by atoms with van der Waals surface area (Å²) < 4.78 is 24.5. The number of carbonyl (C=O) groups is 1. The van der Waals surface area contributed by atoms with Gasteiger partial charge in [-0.25, -0.2) is 8.42 Å². The second kappa shape index (κ2) is 8.54. The molecule has 0 saturated carbocycles. The van der Waals surface area contributed by atoms with E-state index in [1.54, 1.807) is 29.2 Å². The first kappa shape index (κ1) is 18.2. The normalized spacial score (nSPS) is 11.0. The minimum Gasteiger partial charge on any atom is -0.342 e. The van der Waals surface area contributed by atoms with Gasteiger partial charge in [0.25, 0.3) is 0 Å². The number of hydrogen-bond donors (Lipinski definition) is 0. The van der Waals surface area contributed by atoms with Gasteiger partial charge in [0.05, 0.1) is 17.4 Å². The van der Waals surface area contributed by atoms with Crippen molar-refractivity contribution in [3.8, 4) is 6.07 Å². The summed E-state index contributed by atoms with van der Waals surface area (Å²) in [6, 6.07) is 8.53. The number of sulfone groups is 1. The maximum Gasteiger partial charge on any atom is 0.237 e. The standard InChI is InChI=1S/C16H22N2O3S/c1-3-9-18(10-4-2)16(19)13-22(20,21)12-15-8-6-5-7-14(15)11-17/h5-8H,3-4,9-10,12-13H2,1-2H3. The number of rotatable bonds is 8. The van der Waals surface area contributed by atoms with Crippen LogP contribution in [0.2, 0.25) is 0 Å². The van der Waals surface area contributed by atoms with Crippen molar-refractivity contribution in [2.75, 3.05) is 18.8 Å². The van der Waals surface area contributed by atoms with E-state index in [9.17, 15) is 13.2 Å². The third kappa shape index (κ3) is 5.49. The summed E-state index contributed by atoms with van der Waals surface area (Å²) in [7, 11) is -3.59. The van der Waals surface area contributed by atoms with Crippen LogP contribution in [0.5, 0.6) is 0 Å². The van der Waals surface area contributed by atoms with Gasteiger partial charge in [0.1, 0.15) is 5.75 Å². The molecule has 0 heterocycles. The molecule has 0 aromatic heterocycles. The Morgan fingerprint density at radius 1 is 1.18 bits per heavy atom. The van der Waals surface area contributed by atoms with Gasteiger partial charge in [0.2, 0.25) is 5.91 Å². The van der Waals surface area contributed by atoms with Crippen molar-refractivity contribution in [2.24, 2.45) is 0 Å². The fourth-order valence-electron chi connectivity index (χ4n) is 2.22. The Kier molecular flexibility index (Phi) is 7.06. The third-order valence-corrected chi connectivity index (χ3v) is 4.63. The molecule has 22 heavy (non-hydrogen) atoms. The third-order valence-electron chi connectivity index (χ3n) is 3.20. The van der Waals surface area contributed by atoms with E-state index < -0.39 is 15.6 Å². The van der Waals surface area contributed by atoms with Crippen LogP contribution in [-0.2, 0) is 20.4 Å². The Bertz CT molecular complexity index is 642. The zero-order valence-corrected chi connectivity index (χ0v) is 13.9. The first-order valence-electron chi connectivity index (χ1n) is 7.39. The largest absolute Gasteiger partial charge is 0.342 e. The zero-order valence-electron chi connectivity index (χ0n) is 13.1. The number of hydrogen-bond acceptors (Lipinski definition) is 4. The minimum absolute atomic E-state index is 0.283. The van der Waals surface area contributed by atoms with Crippen molar-refractivity contribution >= 4 is 15.7 Å². The molecular formula is C16H22N2O3S. The quantitative estimate of drug-likeness (QED) is 0.734. The molecule has 5 nitrogen and oxygen atoms in total. The lowest BCUT2D eigenvalue weighted by atomic mass is 10.1. The monoisotopic (exact) mass is 322 g/mol. The zero-order chi connectivity index (χ0) is 16.6. The molecular weight excluding hydrogens is 300 g/mol. The van der Waals surface area contributed by atoms with E-state index >= 15 is 0 Å². The molecule has 1 amide bonds. The van der Waals surface area contributed by atoms with Crippen LogP contribution in [0, 0.1) is 11.3 Å². The van der Waals surface area contributed by atoms with Crippen LogP contribution in [0.4, 0.5) is 0 Å². The molecule has 0 unspecified atom stereocenters. The van der Waals surface area contributed by atoms with Crippen molar-refractivity contribution < 1.29 is 13.2 Å². The lowest BCUT2D eigenvalue weighted by molar-refractivity contribution is -0.128. The molecule has 0 saturated heterocycles. The molecule has 6 heteroatoms. The number of nitriles is 1. The van der Waals surface area contributed by atoms with Crippen LogP contribution < -0.4 is 0 Å². The lowest BCUT2D eigenvalue weighted by Crippen LogP contribution is -2.37. The Labute approximate surface area is 132 Å². The van der Waals surface area contributed by atoms with Crippen LogP contribution in [0.25, 0.3) is 0 Å². The first-order chi connectivity index (χ1) is 10.4. The van der Waals surface area contributed by atoms with Gasteiger partial charge in [-0.05, 0) is 24.5 Å². The molecule has 0 bridgehead atoms. The number of amides is 1. The van der Waals surface area contributed by atoms with Gasteiger partial charge >= 0.3 is 0 Å². The maximum absolute atomic E-state index is 12.2. The highest BCUT2D eigenvalue weighted by Crippen LogP contribution is 2.13. The summed E-state index contributed by atoms with van der Waals surface area (Å²) in [5.74, 6) is -1.15. The molecule has 0 fully saturated rings. The fraction of sp³-hybridized carbons (Fsp3) is 0.500. The van der Waals surface area contributed by atoms with Gasteiger partial charge in [-0.2, -0.15) is 5.26 Å². The number of carbonyl (C=O) groups excluding carboxylic acids is 1. The summed E-state index contributed by atoms with van der Waals surface area (Å²) in [6.07, 6.45) is 1.59. The molecule has 1 aromatic rings. The van der Waals surface area contributed by atoms with E-state index in [1.807, 2.05) is 19.9 Å². The Balaban J connectivity index is 2.82. The van der Waals surface area contributed by atoms with Crippen molar-refractivity contribution in [1.82, 2.24) is 4.90 Å². The lowest BCUT2D eigenvalue weighted by Gasteiger charge is -2.21. The molecule has 0 atom stereocenters. The number of benzene rings is 1. The van der Waals surface area contributed by atoms with Crippen molar-refractivity contribution in [3.63, 3.8) is 0 Å². The molecule has 0 aliphatic heterocycles. The molecule has 120 valence electrons. The maximum atomic E-state index is 12.2. The number of nitrogens with zero attached hydrogens (tertiary/aromatic N) is 2. The fourth-order valence-corrected chi connectivity index (χ4v) is 3.61. The smallest absolute Gasteiger partial charge is 0.237 e. The van der Waals surface area contributed by atoms with E-state index in [0.717, 1.165) is 12.8 Å². The van der Waals surface area contributed by atoms with Crippen molar-refractivity contribution in [2.45, 2.75) is 32.4 Å². The molecule has 1 rings (SSSR count). The van der Waals surface area contributed by atoms with E-state index in [4.69, 9.17) is 5.26 Å². The minimum atomic E-state index is -3.59. The van der Waals surface area contributed by atoms with Gasteiger partial charge in [0.15, 0.2) is 9.84 Å². The van der Waals surface area contributed by atoms with Crippen LogP contribution in [0.1, 0.15) is 37.8 Å². The summed E-state index contributed by atoms with van der Waals surface area (Å²) in [6.45, 7) is 5.04. The topological polar surface area (TPSA) is 78.2 Å². The van der Waals surface area contributed by atoms with Gasteiger partial charge < -0.3 is 4.90 Å². The average Bonchev–Trinajstić information content (AvgIpc) is 2.46. The predicted molar refractivity (Wildman–Crippen MR) is 85.8 cm³/mol. The van der Waals surface area contributed by atoms with Crippen molar-refractivity contribution in [1.29, 1.82) is 5.26 Å². The van der Waals surface area contributed by atoms with Crippen LogP contribution in [0.15, 0.2) is 24.3 Å². The van der Waals surface area contributed by atoms with E-state index in [1.165, 1.54) is 0 Å².